The lowest BCUT2D eigenvalue weighted by atomic mass is 10.2. The molecule has 1 aliphatic heterocycles. The zero-order chi connectivity index (χ0) is 13.9. The second-order valence-corrected chi connectivity index (χ2v) is 5.36. The smallest absolute Gasteiger partial charge is 0.318 e. The molecule has 20 heavy (non-hydrogen) atoms. The molecule has 3 rings (SSSR count). The van der Waals surface area contributed by atoms with Crippen LogP contribution in [0.2, 0.25) is 0 Å². The van der Waals surface area contributed by atoms with Gasteiger partial charge < -0.3 is 24.1 Å². The van der Waals surface area contributed by atoms with E-state index in [2.05, 4.69) is 5.32 Å². The molecule has 1 aromatic rings. The molecule has 6 heteroatoms. The maximum absolute atomic E-state index is 12.4. The first kappa shape index (κ1) is 13.5. The first-order valence-electron chi connectivity index (χ1n) is 6.96. The van der Waals surface area contributed by atoms with E-state index in [0.29, 0.717) is 25.8 Å². The lowest BCUT2D eigenvalue weighted by Crippen LogP contribution is -2.49. The molecule has 1 aliphatic carbocycles. The molecule has 0 radical (unpaired) electrons. The summed E-state index contributed by atoms with van der Waals surface area (Å²) in [6.07, 6.45) is 5.39. The maximum atomic E-state index is 12.4. The van der Waals surface area contributed by atoms with Crippen molar-refractivity contribution in [2.75, 3.05) is 20.3 Å². The van der Waals surface area contributed by atoms with Crippen LogP contribution in [0.5, 0.6) is 0 Å². The predicted molar refractivity (Wildman–Crippen MR) is 71.2 cm³/mol. The number of methoxy groups -OCH3 is 1. The van der Waals surface area contributed by atoms with E-state index in [-0.39, 0.29) is 18.2 Å². The summed E-state index contributed by atoms with van der Waals surface area (Å²) in [7, 11) is 1.64. The highest BCUT2D eigenvalue weighted by molar-refractivity contribution is 5.75. The Bertz CT molecular complexity index is 444. The Morgan fingerprint density at radius 3 is 3.00 bits per heavy atom. The van der Waals surface area contributed by atoms with Gasteiger partial charge in [-0.05, 0) is 18.9 Å². The third-order valence-electron chi connectivity index (χ3n) is 3.82. The fourth-order valence-corrected chi connectivity index (χ4v) is 2.48. The zero-order valence-corrected chi connectivity index (χ0v) is 11.6. The number of hydrogen-bond donors (Lipinski definition) is 1. The van der Waals surface area contributed by atoms with Gasteiger partial charge in [0.05, 0.1) is 38.3 Å². The molecule has 2 fully saturated rings. The summed E-state index contributed by atoms with van der Waals surface area (Å²) in [5, 5.41) is 3.02. The molecule has 0 spiro atoms. The van der Waals surface area contributed by atoms with Crippen molar-refractivity contribution in [1.82, 2.24) is 10.2 Å². The fourth-order valence-electron chi connectivity index (χ4n) is 2.48. The average molecular weight is 280 g/mol. The van der Waals surface area contributed by atoms with Gasteiger partial charge >= 0.3 is 6.03 Å². The molecule has 0 bridgehead atoms. The van der Waals surface area contributed by atoms with Crippen LogP contribution in [-0.4, -0.2) is 49.4 Å². The van der Waals surface area contributed by atoms with Crippen LogP contribution in [0.15, 0.2) is 23.0 Å². The molecule has 1 aromatic heterocycles. The van der Waals surface area contributed by atoms with E-state index in [9.17, 15) is 4.79 Å². The molecule has 1 N–H and O–H groups in total. The van der Waals surface area contributed by atoms with Crippen molar-refractivity contribution in [2.45, 2.75) is 37.6 Å². The topological polar surface area (TPSA) is 63.9 Å². The van der Waals surface area contributed by atoms with E-state index in [1.54, 1.807) is 19.6 Å². The highest BCUT2D eigenvalue weighted by Gasteiger charge is 2.36. The van der Waals surface area contributed by atoms with Gasteiger partial charge in [0.25, 0.3) is 0 Å². The predicted octanol–water partition coefficient (Wildman–Crippen LogP) is 1.37. The standard InChI is InChI=1S/C14H20N2O4/c1-18-13-9-20-8-12(13)15-14(17)16(11-2-3-11)6-10-4-5-19-7-10/h4-5,7,11-13H,2-3,6,8-9H2,1H3,(H,15,17)/t12-,13+/m0/s1. The van der Waals surface area contributed by atoms with Crippen molar-refractivity contribution in [3.8, 4) is 0 Å². The summed E-state index contributed by atoms with van der Waals surface area (Å²) in [4.78, 5) is 14.3. The molecule has 2 atom stereocenters. The number of carbonyl (C=O) groups excluding carboxylic acids is 1. The van der Waals surface area contributed by atoms with Crippen LogP contribution in [0.3, 0.4) is 0 Å². The Morgan fingerprint density at radius 2 is 2.35 bits per heavy atom. The molecular formula is C14H20N2O4. The van der Waals surface area contributed by atoms with Crippen molar-refractivity contribution >= 4 is 6.03 Å². The van der Waals surface area contributed by atoms with E-state index in [0.717, 1.165) is 18.4 Å². The summed E-state index contributed by atoms with van der Waals surface area (Å²) < 4.78 is 15.7. The molecule has 2 aliphatic rings. The minimum absolute atomic E-state index is 0.0498. The van der Waals surface area contributed by atoms with Gasteiger partial charge in [0.1, 0.15) is 6.10 Å². The number of urea groups is 1. The third kappa shape index (κ3) is 2.96. The molecule has 2 amide bonds. The summed E-state index contributed by atoms with van der Waals surface area (Å²) >= 11 is 0. The zero-order valence-electron chi connectivity index (χ0n) is 11.6. The van der Waals surface area contributed by atoms with Crippen LogP contribution < -0.4 is 5.32 Å². The first-order valence-corrected chi connectivity index (χ1v) is 6.96. The summed E-state index contributed by atoms with van der Waals surface area (Å²) in [6.45, 7) is 1.62. The van der Waals surface area contributed by atoms with Gasteiger partial charge in [-0.3, -0.25) is 0 Å². The van der Waals surface area contributed by atoms with Gasteiger partial charge in [-0.15, -0.1) is 0 Å². The van der Waals surface area contributed by atoms with Crippen LogP contribution in [0.1, 0.15) is 18.4 Å². The Hall–Kier alpha value is -1.53. The average Bonchev–Trinajstić information content (AvgIpc) is 2.98. The SMILES string of the molecule is CO[C@@H]1COC[C@@H]1NC(=O)N(Cc1ccoc1)C1CC1. The van der Waals surface area contributed by atoms with E-state index in [4.69, 9.17) is 13.9 Å². The quantitative estimate of drug-likeness (QED) is 0.884. The highest BCUT2D eigenvalue weighted by atomic mass is 16.5. The number of ether oxygens (including phenoxy) is 2. The summed E-state index contributed by atoms with van der Waals surface area (Å²) in [5.74, 6) is 0. The number of furan rings is 1. The molecular weight excluding hydrogens is 260 g/mol. The van der Waals surface area contributed by atoms with Crippen LogP contribution in [-0.2, 0) is 16.0 Å². The second kappa shape index (κ2) is 5.85. The number of nitrogens with one attached hydrogen (secondary N) is 1. The van der Waals surface area contributed by atoms with E-state index < -0.39 is 0 Å². The first-order chi connectivity index (χ1) is 9.78. The third-order valence-corrected chi connectivity index (χ3v) is 3.82. The summed E-state index contributed by atoms with van der Waals surface area (Å²) in [5.41, 5.74) is 1.01. The van der Waals surface area contributed by atoms with Gasteiger partial charge in [0.15, 0.2) is 0 Å². The lowest BCUT2D eigenvalue weighted by Gasteiger charge is -2.26. The number of amides is 2. The van der Waals surface area contributed by atoms with Crippen LogP contribution in [0, 0.1) is 0 Å². The highest BCUT2D eigenvalue weighted by Crippen LogP contribution is 2.28. The van der Waals surface area contributed by atoms with Crippen LogP contribution >= 0.6 is 0 Å². The van der Waals surface area contributed by atoms with Crippen molar-refractivity contribution < 1.29 is 18.7 Å². The molecule has 2 heterocycles. The van der Waals surface area contributed by atoms with Gasteiger partial charge in [0.2, 0.25) is 0 Å². The largest absolute Gasteiger partial charge is 0.472 e. The molecule has 110 valence electrons. The summed E-state index contributed by atoms with van der Waals surface area (Å²) in [6, 6.07) is 2.11. The van der Waals surface area contributed by atoms with Gasteiger partial charge in [-0.25, -0.2) is 4.79 Å². The van der Waals surface area contributed by atoms with E-state index in [1.807, 2.05) is 11.0 Å². The number of nitrogens with zero attached hydrogens (tertiary/aromatic N) is 1. The minimum atomic E-state index is -0.0712. The fraction of sp³-hybridized carbons (Fsp3) is 0.643. The Morgan fingerprint density at radius 1 is 1.50 bits per heavy atom. The van der Waals surface area contributed by atoms with Crippen molar-refractivity contribution in [2.24, 2.45) is 0 Å². The minimum Gasteiger partial charge on any atom is -0.472 e. The van der Waals surface area contributed by atoms with Crippen LogP contribution in [0.25, 0.3) is 0 Å². The van der Waals surface area contributed by atoms with Crippen molar-refractivity contribution in [3.05, 3.63) is 24.2 Å². The second-order valence-electron chi connectivity index (χ2n) is 5.36. The lowest BCUT2D eigenvalue weighted by molar-refractivity contribution is 0.0733. The normalized spacial score (nSPS) is 25.6. The molecule has 6 nitrogen and oxygen atoms in total. The Labute approximate surface area is 118 Å². The monoisotopic (exact) mass is 280 g/mol. The molecule has 1 saturated carbocycles. The Balaban J connectivity index is 1.61. The van der Waals surface area contributed by atoms with E-state index >= 15 is 0 Å². The van der Waals surface area contributed by atoms with Gasteiger partial charge in [0, 0.05) is 18.7 Å². The number of rotatable bonds is 5. The maximum Gasteiger partial charge on any atom is 0.318 e. The van der Waals surface area contributed by atoms with Crippen molar-refractivity contribution in [3.63, 3.8) is 0 Å². The van der Waals surface area contributed by atoms with Gasteiger partial charge in [-0.1, -0.05) is 0 Å². The number of carbonyl (C=O) groups is 1. The Kier molecular flexibility index (Phi) is 3.93. The molecule has 0 unspecified atom stereocenters. The van der Waals surface area contributed by atoms with Crippen LogP contribution in [0.4, 0.5) is 4.79 Å². The van der Waals surface area contributed by atoms with E-state index in [1.165, 1.54) is 0 Å². The number of hydrogen-bond acceptors (Lipinski definition) is 4. The molecule has 0 aromatic carbocycles. The molecule has 1 saturated heterocycles. The van der Waals surface area contributed by atoms with Crippen molar-refractivity contribution in [1.29, 1.82) is 0 Å². The van der Waals surface area contributed by atoms with Gasteiger partial charge in [-0.2, -0.15) is 0 Å².